The van der Waals surface area contributed by atoms with Crippen molar-refractivity contribution in [3.05, 3.63) is 0 Å². The van der Waals surface area contributed by atoms with Gasteiger partial charge in [0.1, 0.15) is 16.5 Å². The van der Waals surface area contributed by atoms with Gasteiger partial charge in [0.15, 0.2) is 0 Å². The molecule has 0 atom stereocenters. The van der Waals surface area contributed by atoms with Gasteiger partial charge in [0.2, 0.25) is 0 Å². The maximum Gasteiger partial charge on any atom is 0.126 e. The summed E-state index contributed by atoms with van der Waals surface area (Å²) in [6.07, 6.45) is 1.61. The Bertz CT molecular complexity index is 258. The van der Waals surface area contributed by atoms with Gasteiger partial charge in [-0.1, -0.05) is 74.7 Å². The van der Waals surface area contributed by atoms with Crippen LogP contribution in [-0.4, -0.2) is 22.6 Å². The Morgan fingerprint density at radius 2 is 1.00 bits per heavy atom. The van der Waals surface area contributed by atoms with E-state index in [-0.39, 0.29) is 0 Å². The van der Waals surface area contributed by atoms with Gasteiger partial charge in [0.25, 0.3) is 0 Å². The Balaban J connectivity index is 4.90. The third-order valence-electron chi connectivity index (χ3n) is 5.23. The lowest BCUT2D eigenvalue weighted by Gasteiger charge is -2.45. The normalized spacial score (nSPS) is 15.2. The maximum atomic E-state index is 3.97. The van der Waals surface area contributed by atoms with Crippen LogP contribution in [0.5, 0.6) is 0 Å². The minimum atomic E-state index is -1.44. The second-order valence-electron chi connectivity index (χ2n) is 9.00. The molecule has 0 aliphatic carbocycles. The summed E-state index contributed by atoms with van der Waals surface area (Å²) in [6.45, 7) is 26.3. The summed E-state index contributed by atoms with van der Waals surface area (Å²) in [5, 5.41) is 0.769. The third-order valence-corrected chi connectivity index (χ3v) is 14.9. The fourth-order valence-electron chi connectivity index (χ4n) is 1.54. The van der Waals surface area contributed by atoms with Crippen LogP contribution in [0.25, 0.3) is 0 Å². The molecule has 0 saturated heterocycles. The molecule has 0 saturated carbocycles. The van der Waals surface area contributed by atoms with E-state index in [1.54, 1.807) is 0 Å². The van der Waals surface area contributed by atoms with Crippen molar-refractivity contribution < 1.29 is 0 Å². The third kappa shape index (κ3) is 5.33. The van der Waals surface area contributed by atoms with E-state index < -0.39 is 16.5 Å². The summed E-state index contributed by atoms with van der Waals surface area (Å²) in [5.41, 5.74) is 0. The van der Waals surface area contributed by atoms with Gasteiger partial charge in [0, 0.05) is 6.17 Å². The van der Waals surface area contributed by atoms with Crippen LogP contribution in [0.15, 0.2) is 0 Å². The number of nitrogens with one attached hydrogen (secondary N) is 2. The largest absolute Gasteiger partial charge is 0.323 e. The minimum Gasteiger partial charge on any atom is -0.323 e. The Morgan fingerprint density at radius 3 is 1.16 bits per heavy atom. The first-order valence-electron chi connectivity index (χ1n) is 7.69. The molecule has 2 nitrogen and oxygen atoms in total. The quantitative estimate of drug-likeness (QED) is 0.557. The molecule has 19 heavy (non-hydrogen) atoms. The topological polar surface area (TPSA) is 24.1 Å². The highest BCUT2D eigenvalue weighted by molar-refractivity contribution is 6.79. The van der Waals surface area contributed by atoms with Crippen molar-refractivity contribution in [1.82, 2.24) is 9.96 Å². The summed E-state index contributed by atoms with van der Waals surface area (Å²) in [5.74, 6) is 0. The minimum absolute atomic E-state index is 0.384. The lowest BCUT2D eigenvalue weighted by Crippen LogP contribution is -2.66. The highest BCUT2D eigenvalue weighted by Crippen LogP contribution is 2.36. The van der Waals surface area contributed by atoms with Crippen molar-refractivity contribution in [2.45, 2.75) is 97.3 Å². The van der Waals surface area contributed by atoms with E-state index in [0.29, 0.717) is 16.2 Å². The second-order valence-corrected chi connectivity index (χ2v) is 19.1. The zero-order valence-corrected chi connectivity index (χ0v) is 17.3. The monoisotopic (exact) mass is 302 g/mol. The summed E-state index contributed by atoms with van der Waals surface area (Å²) >= 11 is 0. The van der Waals surface area contributed by atoms with Crippen molar-refractivity contribution in [2.75, 3.05) is 0 Å². The predicted octanol–water partition coefficient (Wildman–Crippen LogP) is 4.91. The van der Waals surface area contributed by atoms with Gasteiger partial charge in [-0.3, -0.25) is 0 Å². The van der Waals surface area contributed by atoms with Gasteiger partial charge in [-0.05, 0) is 16.5 Å². The van der Waals surface area contributed by atoms with Crippen molar-refractivity contribution in [1.29, 1.82) is 0 Å². The van der Waals surface area contributed by atoms with E-state index >= 15 is 0 Å². The Kier molecular flexibility index (Phi) is 6.11. The smallest absolute Gasteiger partial charge is 0.126 e. The van der Waals surface area contributed by atoms with Gasteiger partial charge < -0.3 is 9.96 Å². The molecule has 0 spiro atoms. The Morgan fingerprint density at radius 1 is 0.737 bits per heavy atom. The van der Waals surface area contributed by atoms with Crippen LogP contribution in [0.1, 0.15) is 54.9 Å². The average molecular weight is 303 g/mol. The predicted molar refractivity (Wildman–Crippen MR) is 94.7 cm³/mol. The van der Waals surface area contributed by atoms with E-state index in [0.717, 1.165) is 6.42 Å². The Labute approximate surface area is 124 Å². The van der Waals surface area contributed by atoms with E-state index in [2.05, 4.69) is 84.6 Å². The standard InChI is InChI=1S/C15H38N2Si2/c1-12-13(16-18(8,9)14(2,3)4)17-19(10,11)15(5,6)7/h13,16-17H,12H2,1-11H3. The molecule has 0 amide bonds. The highest BCUT2D eigenvalue weighted by Gasteiger charge is 2.40. The van der Waals surface area contributed by atoms with Crippen molar-refractivity contribution in [2.24, 2.45) is 0 Å². The number of hydrogen-bond acceptors (Lipinski definition) is 2. The van der Waals surface area contributed by atoms with Gasteiger partial charge in [-0.2, -0.15) is 0 Å². The molecular weight excluding hydrogens is 264 g/mol. The first kappa shape index (κ1) is 19.4. The van der Waals surface area contributed by atoms with E-state index in [1.807, 2.05) is 0 Å². The SMILES string of the molecule is CCC(N[Si](C)(C)C(C)(C)C)N[Si](C)(C)C(C)(C)C. The molecule has 0 fully saturated rings. The van der Waals surface area contributed by atoms with Crippen molar-refractivity contribution in [3.63, 3.8) is 0 Å². The molecule has 0 radical (unpaired) electrons. The number of hydrogen-bond donors (Lipinski definition) is 2. The molecule has 4 heteroatoms. The fraction of sp³-hybridized carbons (Fsp3) is 1.00. The zero-order valence-electron chi connectivity index (χ0n) is 15.3. The molecular formula is C15H38N2Si2. The molecule has 0 aliphatic heterocycles. The molecule has 0 aromatic heterocycles. The van der Waals surface area contributed by atoms with Gasteiger partial charge in [-0.25, -0.2) is 0 Å². The highest BCUT2D eigenvalue weighted by atomic mass is 28.3. The van der Waals surface area contributed by atoms with E-state index in [1.165, 1.54) is 0 Å². The van der Waals surface area contributed by atoms with Crippen LogP contribution >= 0.6 is 0 Å². The summed E-state index contributed by atoms with van der Waals surface area (Å²) in [6, 6.07) is 0. The molecule has 0 unspecified atom stereocenters. The lowest BCUT2D eigenvalue weighted by atomic mass is 10.2. The fourth-order valence-corrected chi connectivity index (χ4v) is 4.85. The van der Waals surface area contributed by atoms with E-state index in [4.69, 9.17) is 0 Å². The summed E-state index contributed by atoms with van der Waals surface area (Å²) in [4.78, 5) is 7.95. The molecule has 116 valence electrons. The first-order valence-corrected chi connectivity index (χ1v) is 13.7. The first-order chi connectivity index (χ1) is 8.14. The van der Waals surface area contributed by atoms with Crippen molar-refractivity contribution >= 4 is 16.5 Å². The van der Waals surface area contributed by atoms with Gasteiger partial charge in [-0.15, -0.1) is 0 Å². The van der Waals surface area contributed by atoms with Crippen LogP contribution in [0.4, 0.5) is 0 Å². The average Bonchev–Trinajstić information content (AvgIpc) is 2.12. The lowest BCUT2D eigenvalue weighted by molar-refractivity contribution is 0.519. The van der Waals surface area contributed by atoms with E-state index in [9.17, 15) is 0 Å². The molecule has 0 aliphatic rings. The van der Waals surface area contributed by atoms with Gasteiger partial charge in [0.05, 0.1) is 0 Å². The van der Waals surface area contributed by atoms with Crippen LogP contribution in [0.3, 0.4) is 0 Å². The second kappa shape index (κ2) is 6.00. The molecule has 2 N–H and O–H groups in total. The van der Waals surface area contributed by atoms with Crippen LogP contribution in [0.2, 0.25) is 36.3 Å². The van der Waals surface area contributed by atoms with Crippen LogP contribution in [0, 0.1) is 0 Å². The summed E-state index contributed by atoms with van der Waals surface area (Å²) in [7, 11) is -2.88. The Hall–Kier alpha value is 0.354. The summed E-state index contributed by atoms with van der Waals surface area (Å²) < 4.78 is 0. The molecule has 0 aromatic rings. The molecule has 0 bridgehead atoms. The molecule has 0 heterocycles. The molecule has 0 aromatic carbocycles. The molecule has 0 rings (SSSR count). The number of rotatable bonds is 5. The van der Waals surface area contributed by atoms with Crippen LogP contribution in [-0.2, 0) is 0 Å². The zero-order chi connectivity index (χ0) is 15.7. The maximum absolute atomic E-state index is 3.97. The van der Waals surface area contributed by atoms with Gasteiger partial charge >= 0.3 is 0 Å². The van der Waals surface area contributed by atoms with Crippen molar-refractivity contribution in [3.8, 4) is 0 Å². The van der Waals surface area contributed by atoms with Crippen LogP contribution < -0.4 is 9.96 Å².